The first kappa shape index (κ1) is 16.4. The van der Waals surface area contributed by atoms with Gasteiger partial charge >= 0.3 is 5.97 Å². The van der Waals surface area contributed by atoms with Crippen LogP contribution in [0.2, 0.25) is 0 Å². The molecule has 0 amide bonds. The summed E-state index contributed by atoms with van der Waals surface area (Å²) in [5.74, 6) is -1.62. The molecule has 1 unspecified atom stereocenters. The maximum Gasteiger partial charge on any atom is 0.309 e. The number of ether oxygens (including phenoxy) is 1. The van der Waals surface area contributed by atoms with E-state index in [1.165, 1.54) is 0 Å². The molecule has 0 aromatic carbocycles. The number of allylic oxidation sites excluding steroid dienone is 1. The second-order valence-corrected chi connectivity index (χ2v) is 8.34. The standard InChI is InChI=1S/C16H20O6S/c1-7-5-10(17)12-8(2)6-11(22-23(4,19)20)14-9(3)16(18)21-15(14)13(7)12/h5,9,11,13-15H,6H2,1-4H3/t9-,11?,13+,14-,15-/m1/s1. The van der Waals surface area contributed by atoms with E-state index in [1.807, 2.05) is 13.8 Å². The van der Waals surface area contributed by atoms with Gasteiger partial charge in [0.1, 0.15) is 6.10 Å². The summed E-state index contributed by atoms with van der Waals surface area (Å²) in [4.78, 5) is 24.4. The summed E-state index contributed by atoms with van der Waals surface area (Å²) >= 11 is 0. The van der Waals surface area contributed by atoms with Crippen LogP contribution in [0.1, 0.15) is 27.2 Å². The molecule has 0 aromatic rings. The van der Waals surface area contributed by atoms with E-state index in [4.69, 9.17) is 8.92 Å². The Morgan fingerprint density at radius 1 is 1.26 bits per heavy atom. The van der Waals surface area contributed by atoms with Crippen LogP contribution in [0.25, 0.3) is 0 Å². The van der Waals surface area contributed by atoms with Crippen LogP contribution in [-0.2, 0) is 28.6 Å². The third-order valence-corrected chi connectivity index (χ3v) is 5.63. The van der Waals surface area contributed by atoms with Crippen molar-refractivity contribution in [1.29, 1.82) is 0 Å². The van der Waals surface area contributed by atoms with E-state index in [0.717, 1.165) is 17.4 Å². The van der Waals surface area contributed by atoms with Crippen LogP contribution in [0.5, 0.6) is 0 Å². The van der Waals surface area contributed by atoms with Gasteiger partial charge in [-0.25, -0.2) is 0 Å². The Hall–Kier alpha value is -1.47. The molecule has 6 nitrogen and oxygen atoms in total. The zero-order valence-electron chi connectivity index (χ0n) is 13.5. The summed E-state index contributed by atoms with van der Waals surface area (Å²) in [6.45, 7) is 5.38. The van der Waals surface area contributed by atoms with Crippen LogP contribution >= 0.6 is 0 Å². The first-order valence-electron chi connectivity index (χ1n) is 7.61. The largest absolute Gasteiger partial charge is 0.461 e. The van der Waals surface area contributed by atoms with Crippen LogP contribution in [0.15, 0.2) is 22.8 Å². The molecule has 0 spiro atoms. The van der Waals surface area contributed by atoms with Gasteiger partial charge in [-0.2, -0.15) is 8.42 Å². The number of carbonyl (C=O) groups is 2. The van der Waals surface area contributed by atoms with Gasteiger partial charge in [0.25, 0.3) is 10.1 Å². The van der Waals surface area contributed by atoms with Gasteiger partial charge in [-0.3, -0.25) is 13.8 Å². The van der Waals surface area contributed by atoms with Gasteiger partial charge in [0.05, 0.1) is 18.3 Å². The number of ketones is 1. The lowest BCUT2D eigenvalue weighted by molar-refractivity contribution is -0.144. The summed E-state index contributed by atoms with van der Waals surface area (Å²) in [6.07, 6.45) is 1.62. The fraction of sp³-hybridized carbons (Fsp3) is 0.625. The molecule has 7 heteroatoms. The molecule has 5 atom stereocenters. The maximum absolute atomic E-state index is 12.3. The zero-order chi connectivity index (χ0) is 17.1. The second-order valence-electron chi connectivity index (χ2n) is 6.73. The van der Waals surface area contributed by atoms with Crippen molar-refractivity contribution in [2.24, 2.45) is 17.8 Å². The molecular formula is C16H20O6S. The van der Waals surface area contributed by atoms with Crippen LogP contribution in [-0.4, -0.2) is 38.6 Å². The van der Waals surface area contributed by atoms with Gasteiger partial charge in [-0.1, -0.05) is 18.1 Å². The summed E-state index contributed by atoms with van der Waals surface area (Å²) in [5, 5.41) is 0. The minimum atomic E-state index is -3.68. The van der Waals surface area contributed by atoms with Crippen LogP contribution in [0.3, 0.4) is 0 Å². The number of carbonyl (C=O) groups excluding carboxylic acids is 2. The van der Waals surface area contributed by atoms with E-state index >= 15 is 0 Å². The van der Waals surface area contributed by atoms with E-state index < -0.39 is 34.2 Å². The van der Waals surface area contributed by atoms with Gasteiger partial charge in [0, 0.05) is 17.4 Å². The Labute approximate surface area is 135 Å². The number of hydrogen-bond donors (Lipinski definition) is 0. The van der Waals surface area contributed by atoms with E-state index in [1.54, 1.807) is 13.0 Å². The van der Waals surface area contributed by atoms with Crippen molar-refractivity contribution in [3.63, 3.8) is 0 Å². The zero-order valence-corrected chi connectivity index (χ0v) is 14.3. The van der Waals surface area contributed by atoms with Crippen molar-refractivity contribution in [1.82, 2.24) is 0 Å². The summed E-state index contributed by atoms with van der Waals surface area (Å²) < 4.78 is 34.1. The Kier molecular flexibility index (Phi) is 3.76. The van der Waals surface area contributed by atoms with Gasteiger partial charge < -0.3 is 4.74 Å². The van der Waals surface area contributed by atoms with E-state index in [9.17, 15) is 18.0 Å². The summed E-state index contributed by atoms with van der Waals surface area (Å²) in [5.41, 5.74) is 2.28. The molecule has 0 bridgehead atoms. The minimum absolute atomic E-state index is 0.0839. The highest BCUT2D eigenvalue weighted by Gasteiger charge is 2.55. The molecule has 126 valence electrons. The van der Waals surface area contributed by atoms with Gasteiger partial charge in [-0.15, -0.1) is 0 Å². The average molecular weight is 340 g/mol. The highest BCUT2D eigenvalue weighted by molar-refractivity contribution is 7.86. The van der Waals surface area contributed by atoms with Crippen LogP contribution in [0.4, 0.5) is 0 Å². The fourth-order valence-corrected chi connectivity index (χ4v) is 4.76. The molecule has 23 heavy (non-hydrogen) atoms. The molecule has 2 aliphatic carbocycles. The molecule has 0 saturated carbocycles. The lowest BCUT2D eigenvalue weighted by atomic mass is 9.80. The smallest absolute Gasteiger partial charge is 0.309 e. The summed E-state index contributed by atoms with van der Waals surface area (Å²) in [7, 11) is -3.68. The molecule has 3 rings (SSSR count). The van der Waals surface area contributed by atoms with Gasteiger partial charge in [0.2, 0.25) is 0 Å². The molecule has 0 aromatic heterocycles. The van der Waals surface area contributed by atoms with E-state index in [-0.39, 0.29) is 17.7 Å². The first-order chi connectivity index (χ1) is 10.6. The SMILES string of the molecule is CC1=CC(=O)C2=C(C)CC(OS(C)(=O)=O)[C@@H]3[C@H](OC(=O)[C@@H]3C)[C@@H]12. The third-order valence-electron chi connectivity index (χ3n) is 5.03. The van der Waals surface area contributed by atoms with Gasteiger partial charge in [0.15, 0.2) is 5.78 Å². The Morgan fingerprint density at radius 2 is 1.91 bits per heavy atom. The topological polar surface area (TPSA) is 86.7 Å². The number of fused-ring (bicyclic) bond motifs is 3. The molecule has 1 aliphatic heterocycles. The maximum atomic E-state index is 12.3. The number of hydrogen-bond acceptors (Lipinski definition) is 6. The van der Waals surface area contributed by atoms with E-state index in [2.05, 4.69) is 0 Å². The number of esters is 1. The second kappa shape index (κ2) is 5.27. The monoisotopic (exact) mass is 340 g/mol. The fourth-order valence-electron chi connectivity index (χ4n) is 4.11. The van der Waals surface area contributed by atoms with Crippen molar-refractivity contribution in [3.8, 4) is 0 Å². The Bertz CT molecular complexity index is 745. The predicted octanol–water partition coefficient (Wildman–Crippen LogP) is 1.37. The van der Waals surface area contributed by atoms with Crippen molar-refractivity contribution >= 4 is 21.9 Å². The summed E-state index contributed by atoms with van der Waals surface area (Å²) in [6, 6.07) is 0. The number of rotatable bonds is 2. The lowest BCUT2D eigenvalue weighted by Crippen LogP contribution is -2.37. The molecule has 1 saturated heterocycles. The Morgan fingerprint density at radius 3 is 2.52 bits per heavy atom. The normalized spacial score (nSPS) is 37.2. The van der Waals surface area contributed by atoms with Crippen molar-refractivity contribution < 1.29 is 26.9 Å². The lowest BCUT2D eigenvalue weighted by Gasteiger charge is -2.28. The molecule has 1 heterocycles. The molecule has 1 fully saturated rings. The third kappa shape index (κ3) is 2.65. The van der Waals surface area contributed by atoms with Crippen LogP contribution in [0, 0.1) is 17.8 Å². The minimum Gasteiger partial charge on any atom is -0.461 e. The molecule has 3 aliphatic rings. The highest BCUT2D eigenvalue weighted by Crippen LogP contribution is 2.48. The van der Waals surface area contributed by atoms with E-state index in [0.29, 0.717) is 12.0 Å². The van der Waals surface area contributed by atoms with Crippen molar-refractivity contribution in [2.45, 2.75) is 39.4 Å². The van der Waals surface area contributed by atoms with Crippen LogP contribution < -0.4 is 0 Å². The average Bonchev–Trinajstić information content (AvgIpc) is 2.79. The quantitative estimate of drug-likeness (QED) is 0.557. The van der Waals surface area contributed by atoms with Crippen molar-refractivity contribution in [3.05, 3.63) is 22.8 Å². The van der Waals surface area contributed by atoms with Crippen molar-refractivity contribution in [2.75, 3.05) is 6.26 Å². The highest BCUT2D eigenvalue weighted by atomic mass is 32.2. The predicted molar refractivity (Wildman–Crippen MR) is 81.8 cm³/mol. The molecular weight excluding hydrogens is 320 g/mol. The first-order valence-corrected chi connectivity index (χ1v) is 9.42. The molecule has 0 N–H and O–H groups in total. The Balaban J connectivity index is 2.10. The van der Waals surface area contributed by atoms with Gasteiger partial charge in [-0.05, 0) is 26.3 Å². The molecule has 0 radical (unpaired) electrons.